The lowest BCUT2D eigenvalue weighted by Gasteiger charge is -2.17. The molecule has 5 heterocycles. The number of para-hydroxylation sites is 1. The molecule has 43 heavy (non-hydrogen) atoms. The van der Waals surface area contributed by atoms with Crippen molar-refractivity contribution in [3.05, 3.63) is 102 Å². The van der Waals surface area contributed by atoms with Gasteiger partial charge < -0.3 is 14.2 Å². The maximum atomic E-state index is 14.0. The quantitative estimate of drug-likeness (QED) is 0.230. The van der Waals surface area contributed by atoms with Crippen molar-refractivity contribution in [3.8, 4) is 16.9 Å². The lowest BCUT2D eigenvalue weighted by molar-refractivity contribution is -0.155. The van der Waals surface area contributed by atoms with Gasteiger partial charge in [-0.1, -0.05) is 18.2 Å². The van der Waals surface area contributed by atoms with Crippen LogP contribution in [0.3, 0.4) is 0 Å². The van der Waals surface area contributed by atoms with Gasteiger partial charge in [-0.05, 0) is 54.4 Å². The van der Waals surface area contributed by atoms with Crippen LogP contribution in [0, 0.1) is 18.8 Å². The van der Waals surface area contributed by atoms with Gasteiger partial charge in [0.1, 0.15) is 17.5 Å². The summed E-state index contributed by atoms with van der Waals surface area (Å²) < 4.78 is 22.9. The Morgan fingerprint density at radius 2 is 2.00 bits per heavy atom. The number of aromatic nitrogens is 5. The summed E-state index contributed by atoms with van der Waals surface area (Å²) in [4.78, 5) is 28.0. The minimum Gasteiger partial charge on any atom is -0.390 e. The number of ketones is 1. The second-order valence-electron chi connectivity index (χ2n) is 10.7. The Morgan fingerprint density at radius 3 is 2.77 bits per heavy atom. The molecular formula is C32H33FN6O4. The number of hydrogen-bond donors (Lipinski definition) is 1. The van der Waals surface area contributed by atoms with Gasteiger partial charge in [0.15, 0.2) is 0 Å². The van der Waals surface area contributed by atoms with Crippen LogP contribution in [0.4, 0.5) is 4.39 Å². The van der Waals surface area contributed by atoms with Crippen LogP contribution in [0.5, 0.6) is 0 Å². The van der Waals surface area contributed by atoms with Gasteiger partial charge >= 0.3 is 0 Å². The number of ether oxygens (including phenoxy) is 1. The molecule has 222 valence electrons. The normalized spacial score (nSPS) is 17.2. The van der Waals surface area contributed by atoms with Crippen molar-refractivity contribution >= 4 is 11.4 Å². The Bertz CT molecular complexity index is 1740. The summed E-state index contributed by atoms with van der Waals surface area (Å²) in [6, 6.07) is 16.7. The Kier molecular flexibility index (Phi) is 8.39. The van der Waals surface area contributed by atoms with Crippen molar-refractivity contribution in [1.82, 2.24) is 29.2 Å². The summed E-state index contributed by atoms with van der Waals surface area (Å²) in [6.07, 6.45) is 5.08. The highest BCUT2D eigenvalue weighted by Crippen LogP contribution is 2.37. The fourth-order valence-electron chi connectivity index (χ4n) is 5.69. The smallest absolute Gasteiger partial charge is 0.213 e. The summed E-state index contributed by atoms with van der Waals surface area (Å²) in [6.45, 7) is 3.37. The number of aliphatic hydroxyl groups is 1. The number of benzene rings is 1. The zero-order valence-electron chi connectivity index (χ0n) is 24.1. The third-order valence-corrected chi connectivity index (χ3v) is 7.79. The fraction of sp³-hybridized carbons (Fsp3) is 0.312. The SMILES string of the molecule is COCCN1C[C@@H](CC(=O)Cc2c(C)c(-c3ccc4nc(CO)cn4c3)nn2-c2ccccc2)[C@H](c2ccnc(F)c2)O1. The van der Waals surface area contributed by atoms with Crippen LogP contribution in [0.15, 0.2) is 73.2 Å². The van der Waals surface area contributed by atoms with Crippen LogP contribution in [0.2, 0.25) is 0 Å². The number of nitrogens with zero attached hydrogens (tertiary/aromatic N) is 6. The minimum atomic E-state index is -0.585. The topological polar surface area (TPSA) is 107 Å². The van der Waals surface area contributed by atoms with E-state index in [4.69, 9.17) is 14.7 Å². The standard InChI is InChI=1S/C32H33FN6O4/c1-21-28(16-27(41)14-24-18-38(12-13-42-2)43-32(24)22-10-11-34-29(33)15-22)39(26-6-4-3-5-7-26)36-31(21)23-8-9-30-35-25(20-40)19-37(30)17-23/h3-11,15,17,19,24,32,40H,12-14,16,18,20H2,1-2H3/t24-,32+/m1/s1. The number of hydroxylamine groups is 2. The maximum absolute atomic E-state index is 14.0. The number of hydrogen-bond acceptors (Lipinski definition) is 8. The molecule has 0 aliphatic carbocycles. The van der Waals surface area contributed by atoms with Crippen LogP contribution in [-0.2, 0) is 27.4 Å². The number of rotatable bonds is 11. The Morgan fingerprint density at radius 1 is 1.16 bits per heavy atom. The highest BCUT2D eigenvalue weighted by Gasteiger charge is 2.37. The highest BCUT2D eigenvalue weighted by molar-refractivity contribution is 5.82. The first-order valence-electron chi connectivity index (χ1n) is 14.2. The number of methoxy groups -OCH3 is 1. The first-order valence-corrected chi connectivity index (χ1v) is 14.2. The number of halogens is 1. The third-order valence-electron chi connectivity index (χ3n) is 7.79. The van der Waals surface area contributed by atoms with Crippen molar-refractivity contribution < 1.29 is 23.9 Å². The van der Waals surface area contributed by atoms with E-state index >= 15 is 0 Å². The molecule has 1 aliphatic heterocycles. The second-order valence-corrected chi connectivity index (χ2v) is 10.7. The summed E-state index contributed by atoms with van der Waals surface area (Å²) in [5.41, 5.74) is 6.14. The van der Waals surface area contributed by atoms with Crippen molar-refractivity contribution in [2.45, 2.75) is 32.5 Å². The van der Waals surface area contributed by atoms with E-state index in [-0.39, 0.29) is 31.1 Å². The number of aliphatic hydroxyl groups excluding tert-OH is 1. The number of pyridine rings is 2. The summed E-state index contributed by atoms with van der Waals surface area (Å²) in [5, 5.41) is 16.3. The third kappa shape index (κ3) is 6.11. The lowest BCUT2D eigenvalue weighted by atomic mass is 9.91. The van der Waals surface area contributed by atoms with E-state index in [9.17, 15) is 14.3 Å². The number of carbonyl (C=O) groups excluding carboxylic acids is 1. The molecule has 1 fully saturated rings. The second kappa shape index (κ2) is 12.5. The van der Waals surface area contributed by atoms with Crippen LogP contribution in [0.25, 0.3) is 22.6 Å². The summed E-state index contributed by atoms with van der Waals surface area (Å²) in [5.74, 6) is -0.729. The van der Waals surface area contributed by atoms with E-state index in [2.05, 4.69) is 9.97 Å². The zero-order chi connectivity index (χ0) is 29.9. The molecule has 0 amide bonds. The Balaban J connectivity index is 1.30. The monoisotopic (exact) mass is 584 g/mol. The van der Waals surface area contributed by atoms with Gasteiger partial charge in [0.25, 0.3) is 0 Å². The molecule has 10 nitrogen and oxygen atoms in total. The molecule has 1 saturated heterocycles. The van der Waals surface area contributed by atoms with E-state index in [0.29, 0.717) is 31.0 Å². The van der Waals surface area contributed by atoms with Crippen LogP contribution < -0.4 is 0 Å². The van der Waals surface area contributed by atoms with E-state index in [1.807, 2.05) is 64.7 Å². The van der Waals surface area contributed by atoms with Gasteiger partial charge in [0, 0.05) is 63.1 Å². The van der Waals surface area contributed by atoms with Gasteiger partial charge in [-0.2, -0.15) is 14.6 Å². The molecule has 0 saturated carbocycles. The average Bonchev–Trinajstić information content (AvgIpc) is 3.71. The van der Waals surface area contributed by atoms with Gasteiger partial charge in [0.05, 0.1) is 36.0 Å². The van der Waals surface area contributed by atoms with Gasteiger partial charge in [-0.3, -0.25) is 9.63 Å². The van der Waals surface area contributed by atoms with Gasteiger partial charge in [-0.15, -0.1) is 0 Å². The molecule has 1 aromatic carbocycles. The predicted octanol–water partition coefficient (Wildman–Crippen LogP) is 4.27. The average molecular weight is 585 g/mol. The van der Waals surface area contributed by atoms with Gasteiger partial charge in [-0.25, -0.2) is 14.6 Å². The number of Topliss-reactive ketones (excluding diaryl/α,β-unsaturated/α-hetero) is 1. The van der Waals surface area contributed by atoms with Crippen LogP contribution in [-0.4, -0.2) is 66.9 Å². The van der Waals surface area contributed by atoms with Crippen molar-refractivity contribution in [2.75, 3.05) is 26.8 Å². The lowest BCUT2D eigenvalue weighted by Crippen LogP contribution is -2.24. The number of fused-ring (bicyclic) bond motifs is 1. The van der Waals surface area contributed by atoms with E-state index in [0.717, 1.165) is 33.8 Å². The predicted molar refractivity (Wildman–Crippen MR) is 157 cm³/mol. The molecule has 0 unspecified atom stereocenters. The minimum absolute atomic E-state index is 0.0334. The Hall–Kier alpha value is -4.29. The number of imidazole rings is 1. The van der Waals surface area contributed by atoms with E-state index < -0.39 is 12.1 Å². The molecule has 4 aromatic heterocycles. The van der Waals surface area contributed by atoms with Crippen molar-refractivity contribution in [1.29, 1.82) is 0 Å². The molecule has 6 rings (SSSR count). The molecule has 1 N–H and O–H groups in total. The van der Waals surface area contributed by atoms with Crippen LogP contribution in [0.1, 0.15) is 35.0 Å². The van der Waals surface area contributed by atoms with Gasteiger partial charge in [0.2, 0.25) is 5.95 Å². The Labute approximate surface area is 248 Å². The summed E-state index contributed by atoms with van der Waals surface area (Å²) in [7, 11) is 1.62. The molecule has 1 aliphatic rings. The zero-order valence-corrected chi connectivity index (χ0v) is 24.1. The highest BCUT2D eigenvalue weighted by atomic mass is 19.1. The first kappa shape index (κ1) is 28.8. The molecule has 5 aromatic rings. The van der Waals surface area contributed by atoms with E-state index in [1.54, 1.807) is 24.4 Å². The van der Waals surface area contributed by atoms with Crippen LogP contribution >= 0.6 is 0 Å². The first-order chi connectivity index (χ1) is 20.9. The molecule has 0 spiro atoms. The number of carbonyl (C=O) groups is 1. The molecule has 0 bridgehead atoms. The maximum Gasteiger partial charge on any atom is 0.213 e. The molecule has 2 atom stereocenters. The largest absolute Gasteiger partial charge is 0.390 e. The molecule has 0 radical (unpaired) electrons. The molecular weight excluding hydrogens is 551 g/mol. The van der Waals surface area contributed by atoms with Crippen molar-refractivity contribution in [2.24, 2.45) is 5.92 Å². The molecule has 11 heteroatoms. The fourth-order valence-corrected chi connectivity index (χ4v) is 5.69. The summed E-state index contributed by atoms with van der Waals surface area (Å²) >= 11 is 0. The van der Waals surface area contributed by atoms with E-state index in [1.165, 1.54) is 12.3 Å². The van der Waals surface area contributed by atoms with Crippen molar-refractivity contribution in [3.63, 3.8) is 0 Å².